The maximum Gasteiger partial charge on any atom is 0.0577 e. The molecule has 0 aliphatic heterocycles. The summed E-state index contributed by atoms with van der Waals surface area (Å²) in [5.41, 5.74) is 8.87. The van der Waals surface area contributed by atoms with E-state index in [-0.39, 0.29) is 0 Å². The number of halogens is 1. The van der Waals surface area contributed by atoms with Crippen LogP contribution in [0.5, 0.6) is 0 Å². The molecular formula is C11H15BrN2. The molecule has 0 saturated heterocycles. The van der Waals surface area contributed by atoms with Crippen LogP contribution in [0.4, 0.5) is 11.4 Å². The average Bonchev–Trinajstić information content (AvgIpc) is 2.08. The minimum absolute atomic E-state index is 0.765. The van der Waals surface area contributed by atoms with E-state index in [2.05, 4.69) is 41.2 Å². The summed E-state index contributed by atoms with van der Waals surface area (Å²) in [4.78, 5) is 0. The fourth-order valence-electron chi connectivity index (χ4n) is 1.06. The number of hydrogen-bond donors (Lipinski definition) is 2. The van der Waals surface area contributed by atoms with Crippen LogP contribution in [0.25, 0.3) is 0 Å². The highest BCUT2D eigenvalue weighted by atomic mass is 79.9. The van der Waals surface area contributed by atoms with E-state index in [9.17, 15) is 0 Å². The standard InChI is InChI=1S/C11H15BrN2/c1-8(2)5-6-14-11-4-3-9(12)7-10(11)13/h3-5,7,14H,6,13H2,1-2H3. The Morgan fingerprint density at radius 3 is 2.79 bits per heavy atom. The van der Waals surface area contributed by atoms with Crippen molar-refractivity contribution in [2.45, 2.75) is 13.8 Å². The van der Waals surface area contributed by atoms with Crippen molar-refractivity contribution >= 4 is 27.3 Å². The molecule has 76 valence electrons. The van der Waals surface area contributed by atoms with Gasteiger partial charge in [0.25, 0.3) is 0 Å². The first-order chi connectivity index (χ1) is 6.59. The number of nitrogens with two attached hydrogens (primary N) is 1. The molecule has 0 fully saturated rings. The molecule has 1 aromatic carbocycles. The molecular weight excluding hydrogens is 240 g/mol. The Morgan fingerprint density at radius 1 is 1.50 bits per heavy atom. The van der Waals surface area contributed by atoms with Crippen molar-refractivity contribution in [1.82, 2.24) is 0 Å². The quantitative estimate of drug-likeness (QED) is 0.641. The predicted octanol–water partition coefficient (Wildman–Crippen LogP) is 3.41. The van der Waals surface area contributed by atoms with E-state index >= 15 is 0 Å². The molecule has 0 atom stereocenters. The third-order valence-corrected chi connectivity index (χ3v) is 2.31. The second kappa shape index (κ2) is 5.05. The molecule has 3 N–H and O–H groups in total. The monoisotopic (exact) mass is 254 g/mol. The maximum atomic E-state index is 5.83. The smallest absolute Gasteiger partial charge is 0.0577 e. The number of hydrogen-bond acceptors (Lipinski definition) is 2. The molecule has 0 radical (unpaired) electrons. The van der Waals surface area contributed by atoms with E-state index in [1.807, 2.05) is 18.2 Å². The lowest BCUT2D eigenvalue weighted by molar-refractivity contribution is 1.26. The largest absolute Gasteiger partial charge is 0.397 e. The van der Waals surface area contributed by atoms with Gasteiger partial charge in [0.1, 0.15) is 0 Å². The third-order valence-electron chi connectivity index (χ3n) is 1.82. The Hall–Kier alpha value is -0.960. The number of nitrogen functional groups attached to an aromatic ring is 1. The van der Waals surface area contributed by atoms with E-state index in [0.717, 1.165) is 22.4 Å². The van der Waals surface area contributed by atoms with Gasteiger partial charge in [0.05, 0.1) is 11.4 Å². The summed E-state index contributed by atoms with van der Waals surface area (Å²) >= 11 is 3.37. The molecule has 1 rings (SSSR count). The Kier molecular flexibility index (Phi) is 4.01. The van der Waals surface area contributed by atoms with E-state index in [1.165, 1.54) is 5.57 Å². The topological polar surface area (TPSA) is 38.0 Å². The Labute approximate surface area is 93.3 Å². The number of nitrogens with one attached hydrogen (secondary N) is 1. The molecule has 0 saturated carbocycles. The van der Waals surface area contributed by atoms with Crippen molar-refractivity contribution in [2.75, 3.05) is 17.6 Å². The van der Waals surface area contributed by atoms with Gasteiger partial charge < -0.3 is 11.1 Å². The van der Waals surface area contributed by atoms with Gasteiger partial charge in [0.2, 0.25) is 0 Å². The summed E-state index contributed by atoms with van der Waals surface area (Å²) in [6, 6.07) is 5.84. The third kappa shape index (κ3) is 3.42. The highest BCUT2D eigenvalue weighted by Crippen LogP contribution is 2.22. The van der Waals surface area contributed by atoms with Gasteiger partial charge >= 0.3 is 0 Å². The number of anilines is 2. The summed E-state index contributed by atoms with van der Waals surface area (Å²) in [6.45, 7) is 4.97. The number of rotatable bonds is 3. The van der Waals surface area contributed by atoms with Crippen molar-refractivity contribution < 1.29 is 0 Å². The minimum atomic E-state index is 0.765. The van der Waals surface area contributed by atoms with Crippen LogP contribution in [0.15, 0.2) is 34.3 Å². The molecule has 0 bridgehead atoms. The Balaban J connectivity index is 2.64. The molecule has 14 heavy (non-hydrogen) atoms. The number of allylic oxidation sites excluding steroid dienone is 1. The minimum Gasteiger partial charge on any atom is -0.397 e. The van der Waals surface area contributed by atoms with Gasteiger partial charge in [-0.2, -0.15) is 0 Å². The normalized spacial score (nSPS) is 9.64. The molecule has 2 nitrogen and oxygen atoms in total. The van der Waals surface area contributed by atoms with E-state index < -0.39 is 0 Å². The van der Waals surface area contributed by atoms with E-state index in [4.69, 9.17) is 5.73 Å². The van der Waals surface area contributed by atoms with Gasteiger partial charge in [-0.15, -0.1) is 0 Å². The molecule has 0 aliphatic carbocycles. The van der Waals surface area contributed by atoms with Crippen LogP contribution in [-0.4, -0.2) is 6.54 Å². The van der Waals surface area contributed by atoms with Gasteiger partial charge in [-0.1, -0.05) is 27.6 Å². The Bertz CT molecular complexity index is 341. The lowest BCUT2D eigenvalue weighted by atomic mass is 10.2. The highest BCUT2D eigenvalue weighted by molar-refractivity contribution is 9.10. The van der Waals surface area contributed by atoms with E-state index in [0.29, 0.717) is 0 Å². The van der Waals surface area contributed by atoms with Crippen molar-refractivity contribution in [2.24, 2.45) is 0 Å². The summed E-state index contributed by atoms with van der Waals surface area (Å²) < 4.78 is 1.00. The summed E-state index contributed by atoms with van der Waals surface area (Å²) in [7, 11) is 0. The lowest BCUT2D eigenvalue weighted by Crippen LogP contribution is -2.02. The second-order valence-corrected chi connectivity index (χ2v) is 4.31. The first-order valence-electron chi connectivity index (χ1n) is 4.52. The van der Waals surface area contributed by atoms with E-state index in [1.54, 1.807) is 0 Å². The van der Waals surface area contributed by atoms with Crippen LogP contribution in [0, 0.1) is 0 Å². The predicted molar refractivity (Wildman–Crippen MR) is 66.5 cm³/mol. The summed E-state index contributed by atoms with van der Waals surface area (Å²) in [5.74, 6) is 0. The van der Waals surface area contributed by atoms with Crippen molar-refractivity contribution in [3.8, 4) is 0 Å². The molecule has 1 aromatic rings. The molecule has 0 spiro atoms. The lowest BCUT2D eigenvalue weighted by Gasteiger charge is -2.07. The molecule has 0 aromatic heterocycles. The summed E-state index contributed by atoms with van der Waals surface area (Å²) in [6.07, 6.45) is 2.13. The SMILES string of the molecule is CC(C)=CCNc1ccc(Br)cc1N. The Morgan fingerprint density at radius 2 is 2.21 bits per heavy atom. The maximum absolute atomic E-state index is 5.83. The first kappa shape index (κ1) is 11.1. The summed E-state index contributed by atoms with van der Waals surface area (Å²) in [5, 5.41) is 3.25. The van der Waals surface area contributed by atoms with Crippen LogP contribution in [-0.2, 0) is 0 Å². The molecule has 0 unspecified atom stereocenters. The van der Waals surface area contributed by atoms with Gasteiger partial charge in [-0.05, 0) is 32.0 Å². The zero-order chi connectivity index (χ0) is 10.6. The molecule has 0 heterocycles. The van der Waals surface area contributed by atoms with Crippen LogP contribution in [0.1, 0.15) is 13.8 Å². The van der Waals surface area contributed by atoms with Crippen LogP contribution in [0.3, 0.4) is 0 Å². The molecule has 0 aliphatic rings. The van der Waals surface area contributed by atoms with Gasteiger partial charge in [-0.3, -0.25) is 0 Å². The fraction of sp³-hybridized carbons (Fsp3) is 0.273. The number of benzene rings is 1. The van der Waals surface area contributed by atoms with Gasteiger partial charge in [0.15, 0.2) is 0 Å². The molecule has 3 heteroatoms. The highest BCUT2D eigenvalue weighted by Gasteiger charge is 1.97. The fourth-order valence-corrected chi connectivity index (χ4v) is 1.44. The van der Waals surface area contributed by atoms with Crippen LogP contribution >= 0.6 is 15.9 Å². The van der Waals surface area contributed by atoms with Crippen LogP contribution < -0.4 is 11.1 Å². The zero-order valence-electron chi connectivity index (χ0n) is 8.47. The second-order valence-electron chi connectivity index (χ2n) is 3.39. The van der Waals surface area contributed by atoms with Gasteiger partial charge in [-0.25, -0.2) is 0 Å². The first-order valence-corrected chi connectivity index (χ1v) is 5.31. The average molecular weight is 255 g/mol. The van der Waals surface area contributed by atoms with Crippen molar-refractivity contribution in [3.05, 3.63) is 34.3 Å². The zero-order valence-corrected chi connectivity index (χ0v) is 10.1. The molecule has 0 amide bonds. The van der Waals surface area contributed by atoms with Gasteiger partial charge in [0, 0.05) is 11.0 Å². The van der Waals surface area contributed by atoms with Crippen molar-refractivity contribution in [1.29, 1.82) is 0 Å². The van der Waals surface area contributed by atoms with Crippen molar-refractivity contribution in [3.63, 3.8) is 0 Å². The van der Waals surface area contributed by atoms with Crippen LogP contribution in [0.2, 0.25) is 0 Å².